The van der Waals surface area contributed by atoms with Crippen LogP contribution in [0.1, 0.15) is 63.0 Å². The standard InChI is InChI=1S/C35H40F2N4O6/c1-2-46-33(44)35-18-23(35)10-6-4-3-5-7-12-29(38-25-15-13-24(36)14-16-25)32(43)41-20-26(17-30(41)31(42)39-35)47-34(45)40-19-22-9-8-11-28(37)27(22)21-40/h6,8-11,13-16,23,26,29-30,38H,2-5,7,12,17-21H2,1H3,(H,39,42)/t23-,26-,29+,30+,35-/m1/s1. The molecule has 12 heteroatoms. The summed E-state index contributed by atoms with van der Waals surface area (Å²) >= 11 is 0. The molecule has 3 amide bonds. The quantitative estimate of drug-likeness (QED) is 0.352. The van der Waals surface area contributed by atoms with Crippen LogP contribution in [0.4, 0.5) is 19.3 Å². The average molecular weight is 651 g/mol. The second kappa shape index (κ2) is 13.7. The normalized spacial score (nSPS) is 27.5. The van der Waals surface area contributed by atoms with Crippen LogP contribution < -0.4 is 10.6 Å². The van der Waals surface area contributed by atoms with Gasteiger partial charge >= 0.3 is 12.1 Å². The average Bonchev–Trinajstić information content (AvgIpc) is 3.35. The molecule has 3 heterocycles. The highest BCUT2D eigenvalue weighted by atomic mass is 19.1. The number of ether oxygens (including phenoxy) is 2. The summed E-state index contributed by atoms with van der Waals surface area (Å²) in [6.45, 7) is 2.05. The number of carbonyl (C=O) groups excluding carboxylic acids is 4. The Balaban J connectivity index is 1.25. The van der Waals surface area contributed by atoms with Crippen LogP contribution in [0.3, 0.4) is 0 Å². The van der Waals surface area contributed by atoms with Crippen molar-refractivity contribution < 1.29 is 37.4 Å². The van der Waals surface area contributed by atoms with Gasteiger partial charge in [0.25, 0.3) is 0 Å². The van der Waals surface area contributed by atoms with Crippen molar-refractivity contribution in [3.8, 4) is 0 Å². The maximum Gasteiger partial charge on any atom is 0.410 e. The lowest BCUT2D eigenvalue weighted by molar-refractivity contribution is -0.150. The summed E-state index contributed by atoms with van der Waals surface area (Å²) in [4.78, 5) is 57.5. The fourth-order valence-electron chi connectivity index (χ4n) is 6.87. The van der Waals surface area contributed by atoms with E-state index in [4.69, 9.17) is 9.47 Å². The monoisotopic (exact) mass is 650 g/mol. The highest BCUT2D eigenvalue weighted by Gasteiger charge is 2.62. The molecule has 2 aromatic rings. The molecule has 0 bridgehead atoms. The Bertz CT molecular complexity index is 1550. The van der Waals surface area contributed by atoms with Crippen LogP contribution in [0.5, 0.6) is 0 Å². The SMILES string of the molecule is CCOC(=O)[C@@]12C[C@H]1C=CCCCCC[C@H](Nc1ccc(F)cc1)C(=O)N1C[C@H](OC(=O)N3Cc4cccc(F)c4C3)C[C@H]1C(=O)N2. The number of anilines is 1. The number of rotatable bonds is 5. The summed E-state index contributed by atoms with van der Waals surface area (Å²) in [5, 5.41) is 6.14. The van der Waals surface area contributed by atoms with E-state index < -0.39 is 53.3 Å². The van der Waals surface area contributed by atoms with Crippen molar-refractivity contribution >= 4 is 29.6 Å². The molecule has 10 nitrogen and oxygen atoms in total. The zero-order valence-corrected chi connectivity index (χ0v) is 26.4. The third-order valence-corrected chi connectivity index (χ3v) is 9.52. The summed E-state index contributed by atoms with van der Waals surface area (Å²) in [5.74, 6) is -2.46. The summed E-state index contributed by atoms with van der Waals surface area (Å²) in [7, 11) is 0. The number of carbonyl (C=O) groups is 4. The van der Waals surface area contributed by atoms with E-state index in [1.54, 1.807) is 31.2 Å². The summed E-state index contributed by atoms with van der Waals surface area (Å²) in [6.07, 6.45) is 6.60. The second-order valence-corrected chi connectivity index (χ2v) is 12.7. The fraction of sp³-hybridized carbons (Fsp3) is 0.486. The number of hydrogen-bond donors (Lipinski definition) is 2. The minimum Gasteiger partial charge on any atom is -0.464 e. The molecule has 4 aliphatic rings. The molecule has 5 atom stereocenters. The van der Waals surface area contributed by atoms with Crippen molar-refractivity contribution in [2.75, 3.05) is 18.5 Å². The van der Waals surface area contributed by atoms with E-state index in [2.05, 4.69) is 10.6 Å². The van der Waals surface area contributed by atoms with Crippen LogP contribution in [0.25, 0.3) is 0 Å². The molecule has 2 fully saturated rings. The number of nitrogens with one attached hydrogen (secondary N) is 2. The first-order valence-electron chi connectivity index (χ1n) is 16.4. The van der Waals surface area contributed by atoms with E-state index in [9.17, 15) is 28.0 Å². The zero-order chi connectivity index (χ0) is 33.1. The van der Waals surface area contributed by atoms with Gasteiger partial charge in [-0.25, -0.2) is 18.4 Å². The third-order valence-electron chi connectivity index (χ3n) is 9.52. The highest BCUT2D eigenvalue weighted by Crippen LogP contribution is 2.46. The van der Waals surface area contributed by atoms with Gasteiger partial charge in [-0.15, -0.1) is 0 Å². The van der Waals surface area contributed by atoms with Crippen molar-refractivity contribution in [3.05, 3.63) is 77.4 Å². The molecule has 250 valence electrons. The molecule has 1 saturated heterocycles. The molecule has 0 unspecified atom stereocenters. The molecule has 2 N–H and O–H groups in total. The molecular formula is C35H40F2N4O6. The topological polar surface area (TPSA) is 117 Å². The van der Waals surface area contributed by atoms with Crippen molar-refractivity contribution in [1.82, 2.24) is 15.1 Å². The number of benzene rings is 2. The van der Waals surface area contributed by atoms with E-state index >= 15 is 0 Å². The summed E-state index contributed by atoms with van der Waals surface area (Å²) in [5.41, 5.74) is 0.453. The molecule has 6 rings (SSSR count). The number of esters is 1. The molecule has 2 aromatic carbocycles. The molecule has 1 saturated carbocycles. The number of hydrogen-bond acceptors (Lipinski definition) is 7. The number of fused-ring (bicyclic) bond motifs is 3. The molecule has 47 heavy (non-hydrogen) atoms. The largest absolute Gasteiger partial charge is 0.464 e. The van der Waals surface area contributed by atoms with E-state index in [0.717, 1.165) is 25.7 Å². The van der Waals surface area contributed by atoms with Crippen LogP contribution in [0.2, 0.25) is 0 Å². The maximum absolute atomic E-state index is 14.3. The number of amides is 3. The minimum atomic E-state index is -1.23. The third kappa shape index (κ3) is 6.96. The maximum atomic E-state index is 14.3. The highest BCUT2D eigenvalue weighted by molar-refractivity contribution is 5.96. The van der Waals surface area contributed by atoms with E-state index in [0.29, 0.717) is 29.7 Å². The number of allylic oxidation sites excluding steroid dienone is 1. The number of halogens is 2. The molecule has 3 aliphatic heterocycles. The summed E-state index contributed by atoms with van der Waals surface area (Å²) < 4.78 is 39.2. The predicted octanol–water partition coefficient (Wildman–Crippen LogP) is 4.83. The fourth-order valence-corrected chi connectivity index (χ4v) is 6.87. The minimum absolute atomic E-state index is 0.0150. The second-order valence-electron chi connectivity index (χ2n) is 12.7. The molecular weight excluding hydrogens is 610 g/mol. The Morgan fingerprint density at radius 2 is 1.87 bits per heavy atom. The van der Waals surface area contributed by atoms with Gasteiger partial charge in [0.15, 0.2) is 0 Å². The number of nitrogens with zero attached hydrogens (tertiary/aromatic N) is 2. The van der Waals surface area contributed by atoms with E-state index in [-0.39, 0.29) is 44.5 Å². The van der Waals surface area contributed by atoms with Crippen molar-refractivity contribution in [3.63, 3.8) is 0 Å². The smallest absolute Gasteiger partial charge is 0.410 e. The Morgan fingerprint density at radius 1 is 1.06 bits per heavy atom. The predicted molar refractivity (Wildman–Crippen MR) is 168 cm³/mol. The molecule has 1 aliphatic carbocycles. The Labute approximate surface area is 272 Å². The van der Waals surface area contributed by atoms with Crippen LogP contribution >= 0.6 is 0 Å². The lowest BCUT2D eigenvalue weighted by atomic mass is 10.0. The van der Waals surface area contributed by atoms with Crippen LogP contribution in [0.15, 0.2) is 54.6 Å². The van der Waals surface area contributed by atoms with Crippen molar-refractivity contribution in [1.29, 1.82) is 0 Å². The van der Waals surface area contributed by atoms with Crippen molar-refractivity contribution in [2.45, 2.75) is 88.7 Å². The van der Waals surface area contributed by atoms with Gasteiger partial charge in [0, 0.05) is 30.1 Å². The van der Waals surface area contributed by atoms with Gasteiger partial charge < -0.3 is 25.0 Å². The molecule has 0 radical (unpaired) electrons. The zero-order valence-electron chi connectivity index (χ0n) is 26.4. The van der Waals surface area contributed by atoms with Crippen LogP contribution in [0, 0.1) is 17.6 Å². The first-order chi connectivity index (χ1) is 22.7. The van der Waals surface area contributed by atoms with Crippen molar-refractivity contribution in [2.24, 2.45) is 5.92 Å². The van der Waals surface area contributed by atoms with E-state index in [1.807, 2.05) is 12.2 Å². The van der Waals surface area contributed by atoms with Gasteiger partial charge in [-0.3, -0.25) is 14.5 Å². The van der Waals surface area contributed by atoms with Gasteiger partial charge in [-0.2, -0.15) is 0 Å². The van der Waals surface area contributed by atoms with Crippen LogP contribution in [-0.2, 0) is 36.9 Å². The van der Waals surface area contributed by atoms with E-state index in [1.165, 1.54) is 28.0 Å². The first-order valence-corrected chi connectivity index (χ1v) is 16.4. The summed E-state index contributed by atoms with van der Waals surface area (Å²) in [6, 6.07) is 8.63. The first kappa shape index (κ1) is 32.5. The lowest BCUT2D eigenvalue weighted by Crippen LogP contribution is -2.55. The van der Waals surface area contributed by atoms with Gasteiger partial charge in [0.05, 0.1) is 19.7 Å². The van der Waals surface area contributed by atoms with Gasteiger partial charge in [-0.05, 0) is 68.5 Å². The molecule has 0 aromatic heterocycles. The van der Waals surface area contributed by atoms with Crippen LogP contribution in [-0.4, -0.2) is 70.6 Å². The van der Waals surface area contributed by atoms with Gasteiger partial charge in [0.2, 0.25) is 11.8 Å². The Morgan fingerprint density at radius 3 is 2.64 bits per heavy atom. The Hall–Kier alpha value is -4.48. The lowest BCUT2D eigenvalue weighted by Gasteiger charge is -2.30. The van der Waals surface area contributed by atoms with Gasteiger partial charge in [0.1, 0.15) is 35.4 Å². The van der Waals surface area contributed by atoms with Gasteiger partial charge in [-0.1, -0.05) is 37.1 Å². The Kier molecular flexibility index (Phi) is 9.47. The molecule has 0 spiro atoms.